The Morgan fingerprint density at radius 3 is 2.60 bits per heavy atom. The van der Waals surface area contributed by atoms with E-state index in [1.54, 1.807) is 11.4 Å². The first kappa shape index (κ1) is 22.8. The second-order valence-electron chi connectivity index (χ2n) is 8.58. The number of benzene rings is 2. The monoisotopic (exact) mass is 472 g/mol. The van der Waals surface area contributed by atoms with Crippen molar-refractivity contribution in [2.45, 2.75) is 26.7 Å². The maximum atomic E-state index is 13.4. The number of anilines is 1. The number of aromatic nitrogens is 4. The molecule has 3 heterocycles. The molecule has 2 aromatic heterocycles. The van der Waals surface area contributed by atoms with Crippen molar-refractivity contribution >= 4 is 34.2 Å². The van der Waals surface area contributed by atoms with Crippen molar-refractivity contribution in [2.75, 3.05) is 37.7 Å². The number of amides is 1. The van der Waals surface area contributed by atoms with Crippen LogP contribution in [0.15, 0.2) is 48.8 Å². The lowest BCUT2D eigenvalue weighted by Crippen LogP contribution is -2.49. The molecule has 35 heavy (non-hydrogen) atoms. The summed E-state index contributed by atoms with van der Waals surface area (Å²) in [7, 11) is 0. The van der Waals surface area contributed by atoms with Gasteiger partial charge in [0, 0.05) is 49.4 Å². The summed E-state index contributed by atoms with van der Waals surface area (Å²) in [6.45, 7) is 6.53. The number of carbonyl (C=O) groups excluding carboxylic acids is 2. The maximum Gasteiger partial charge on any atom is 0.306 e. The van der Waals surface area contributed by atoms with E-state index in [2.05, 4.69) is 20.0 Å². The SMILES string of the molecule is CCOC(=O)CCc1c(C)nc2ncnn2c1N1CCN(C(=O)c2cccc3ccccc23)CC1. The lowest BCUT2D eigenvalue weighted by atomic mass is 10.0. The van der Waals surface area contributed by atoms with Gasteiger partial charge in [-0.05, 0) is 37.1 Å². The highest BCUT2D eigenvalue weighted by Crippen LogP contribution is 2.27. The molecule has 9 heteroatoms. The molecule has 0 aliphatic carbocycles. The van der Waals surface area contributed by atoms with Gasteiger partial charge >= 0.3 is 5.97 Å². The molecule has 0 bridgehead atoms. The van der Waals surface area contributed by atoms with Crippen molar-refractivity contribution in [3.05, 3.63) is 65.6 Å². The van der Waals surface area contributed by atoms with Crippen LogP contribution in [0.25, 0.3) is 16.6 Å². The third-order valence-electron chi connectivity index (χ3n) is 6.48. The van der Waals surface area contributed by atoms with E-state index < -0.39 is 0 Å². The topological polar surface area (TPSA) is 92.9 Å². The number of hydrogen-bond donors (Lipinski definition) is 0. The fraction of sp³-hybridized carbons (Fsp3) is 0.346. The smallest absolute Gasteiger partial charge is 0.306 e. The average molecular weight is 473 g/mol. The minimum Gasteiger partial charge on any atom is -0.466 e. The number of nitrogens with zero attached hydrogens (tertiary/aromatic N) is 6. The molecule has 5 rings (SSSR count). The van der Waals surface area contributed by atoms with E-state index in [4.69, 9.17) is 4.74 Å². The zero-order valence-corrected chi connectivity index (χ0v) is 20.0. The molecule has 0 N–H and O–H groups in total. The van der Waals surface area contributed by atoms with E-state index in [1.807, 2.05) is 54.3 Å². The average Bonchev–Trinajstić information content (AvgIpc) is 3.34. The van der Waals surface area contributed by atoms with Crippen LogP contribution in [0.3, 0.4) is 0 Å². The lowest BCUT2D eigenvalue weighted by molar-refractivity contribution is -0.143. The van der Waals surface area contributed by atoms with Crippen LogP contribution in [-0.4, -0.2) is 69.1 Å². The van der Waals surface area contributed by atoms with Gasteiger partial charge in [0.1, 0.15) is 12.1 Å². The Kier molecular flexibility index (Phi) is 6.31. The molecule has 1 aliphatic rings. The third-order valence-corrected chi connectivity index (χ3v) is 6.48. The van der Waals surface area contributed by atoms with E-state index in [-0.39, 0.29) is 18.3 Å². The second-order valence-corrected chi connectivity index (χ2v) is 8.58. The molecule has 1 aliphatic heterocycles. The Hall–Kier alpha value is -4.01. The van der Waals surface area contributed by atoms with E-state index >= 15 is 0 Å². The lowest BCUT2D eigenvalue weighted by Gasteiger charge is -2.37. The van der Waals surface area contributed by atoms with Gasteiger partial charge in [-0.3, -0.25) is 9.59 Å². The molecule has 1 saturated heterocycles. The molecule has 4 aromatic rings. The quantitative estimate of drug-likeness (QED) is 0.398. The summed E-state index contributed by atoms with van der Waals surface area (Å²) in [5, 5.41) is 6.43. The normalized spacial score (nSPS) is 14.0. The minimum atomic E-state index is -0.234. The molecule has 1 amide bonds. The van der Waals surface area contributed by atoms with Crippen molar-refractivity contribution in [3.8, 4) is 0 Å². The van der Waals surface area contributed by atoms with Crippen LogP contribution < -0.4 is 4.90 Å². The maximum absolute atomic E-state index is 13.4. The van der Waals surface area contributed by atoms with Crippen molar-refractivity contribution < 1.29 is 14.3 Å². The fourth-order valence-corrected chi connectivity index (χ4v) is 4.75. The van der Waals surface area contributed by atoms with Gasteiger partial charge in [-0.2, -0.15) is 14.6 Å². The number of carbonyl (C=O) groups is 2. The first-order chi connectivity index (χ1) is 17.1. The number of hydrogen-bond acceptors (Lipinski definition) is 7. The van der Waals surface area contributed by atoms with Gasteiger partial charge in [-0.1, -0.05) is 36.4 Å². The second kappa shape index (κ2) is 9.69. The van der Waals surface area contributed by atoms with Gasteiger partial charge in [-0.25, -0.2) is 4.98 Å². The molecule has 0 saturated carbocycles. The van der Waals surface area contributed by atoms with Gasteiger partial charge in [-0.15, -0.1) is 0 Å². The molecule has 1 fully saturated rings. The van der Waals surface area contributed by atoms with Gasteiger partial charge < -0.3 is 14.5 Å². The zero-order chi connectivity index (χ0) is 24.4. The van der Waals surface area contributed by atoms with Gasteiger partial charge in [0.15, 0.2) is 0 Å². The molecule has 0 radical (unpaired) electrons. The van der Waals surface area contributed by atoms with Gasteiger partial charge in [0.05, 0.1) is 6.61 Å². The predicted octanol–water partition coefficient (Wildman–Crippen LogP) is 3.04. The predicted molar refractivity (Wildman–Crippen MR) is 133 cm³/mol. The summed E-state index contributed by atoms with van der Waals surface area (Å²) < 4.78 is 6.85. The van der Waals surface area contributed by atoms with Crippen LogP contribution >= 0.6 is 0 Å². The Balaban J connectivity index is 1.38. The summed E-state index contributed by atoms with van der Waals surface area (Å²) in [4.78, 5) is 38.4. The minimum absolute atomic E-state index is 0.0424. The Labute approximate surface area is 203 Å². The first-order valence-electron chi connectivity index (χ1n) is 11.9. The molecule has 0 unspecified atom stereocenters. The third kappa shape index (κ3) is 4.41. The number of aryl methyl sites for hydroxylation is 1. The standard InChI is InChI=1S/C26H28N6O3/c1-3-35-23(33)12-11-20-18(2)29-26-27-17-28-32(26)24(20)30-13-15-31(16-14-30)25(34)22-10-6-8-19-7-4-5-9-21(19)22/h4-10,17H,3,11-16H2,1-2H3. The molecule has 180 valence electrons. The molecule has 0 spiro atoms. The fourth-order valence-electron chi connectivity index (χ4n) is 4.75. The van der Waals surface area contributed by atoms with E-state index in [0.29, 0.717) is 45.0 Å². The van der Waals surface area contributed by atoms with Crippen molar-refractivity contribution in [3.63, 3.8) is 0 Å². The number of ether oxygens (including phenoxy) is 1. The number of rotatable bonds is 6. The highest BCUT2D eigenvalue weighted by atomic mass is 16.5. The Bertz CT molecular complexity index is 1390. The largest absolute Gasteiger partial charge is 0.466 e. The molecular weight excluding hydrogens is 444 g/mol. The molecule has 9 nitrogen and oxygen atoms in total. The molecular formula is C26H28N6O3. The Morgan fingerprint density at radius 1 is 1.03 bits per heavy atom. The molecule has 2 aromatic carbocycles. The van der Waals surface area contributed by atoms with Crippen LogP contribution in [0, 0.1) is 6.92 Å². The van der Waals surface area contributed by atoms with Crippen LogP contribution in [0.4, 0.5) is 5.82 Å². The van der Waals surface area contributed by atoms with Crippen molar-refractivity contribution in [1.29, 1.82) is 0 Å². The Morgan fingerprint density at radius 2 is 1.80 bits per heavy atom. The highest BCUT2D eigenvalue weighted by Gasteiger charge is 2.27. The van der Waals surface area contributed by atoms with Crippen LogP contribution in [-0.2, 0) is 16.0 Å². The highest BCUT2D eigenvalue weighted by molar-refractivity contribution is 6.07. The number of piperazine rings is 1. The summed E-state index contributed by atoms with van der Waals surface area (Å²) in [5.74, 6) is 1.21. The van der Waals surface area contributed by atoms with Crippen molar-refractivity contribution in [2.24, 2.45) is 0 Å². The summed E-state index contributed by atoms with van der Waals surface area (Å²) in [6.07, 6.45) is 2.25. The summed E-state index contributed by atoms with van der Waals surface area (Å²) in [5.41, 5.74) is 2.49. The zero-order valence-electron chi connectivity index (χ0n) is 20.0. The molecule has 0 atom stereocenters. The number of esters is 1. The van der Waals surface area contributed by atoms with E-state index in [1.165, 1.54) is 6.33 Å². The number of fused-ring (bicyclic) bond motifs is 2. The summed E-state index contributed by atoms with van der Waals surface area (Å²) >= 11 is 0. The van der Waals surface area contributed by atoms with Gasteiger partial charge in [0.25, 0.3) is 11.7 Å². The van der Waals surface area contributed by atoms with Crippen LogP contribution in [0.5, 0.6) is 0 Å². The van der Waals surface area contributed by atoms with Gasteiger partial charge in [0.2, 0.25) is 0 Å². The van der Waals surface area contributed by atoms with E-state index in [0.717, 1.165) is 33.4 Å². The summed E-state index contributed by atoms with van der Waals surface area (Å²) in [6, 6.07) is 13.8. The van der Waals surface area contributed by atoms with Crippen molar-refractivity contribution in [1.82, 2.24) is 24.5 Å². The van der Waals surface area contributed by atoms with E-state index in [9.17, 15) is 9.59 Å². The van der Waals surface area contributed by atoms with Crippen LogP contribution in [0.1, 0.15) is 35.0 Å². The first-order valence-corrected chi connectivity index (χ1v) is 11.9. The van der Waals surface area contributed by atoms with Crippen LogP contribution in [0.2, 0.25) is 0 Å².